The van der Waals surface area contributed by atoms with Crippen LogP contribution in [0.5, 0.6) is 5.75 Å². The maximum atomic E-state index is 12.1. The second-order valence-corrected chi connectivity index (χ2v) is 8.17. The fourth-order valence-corrected chi connectivity index (χ4v) is 3.52. The minimum absolute atomic E-state index is 0.00308. The van der Waals surface area contributed by atoms with Crippen LogP contribution >= 0.6 is 0 Å². The highest BCUT2D eigenvalue weighted by Gasteiger charge is 2.37. The summed E-state index contributed by atoms with van der Waals surface area (Å²) in [5.74, 6) is 0.916. The molecule has 1 aromatic carbocycles. The van der Waals surface area contributed by atoms with Gasteiger partial charge < -0.3 is 15.2 Å². The van der Waals surface area contributed by atoms with E-state index in [0.717, 1.165) is 19.4 Å². The van der Waals surface area contributed by atoms with Gasteiger partial charge in [-0.15, -0.1) is 0 Å². The first-order chi connectivity index (χ1) is 12.9. The van der Waals surface area contributed by atoms with Crippen LogP contribution in [0.25, 0.3) is 0 Å². The Kier molecular flexibility index (Phi) is 6.37. The molecule has 2 fully saturated rings. The van der Waals surface area contributed by atoms with Crippen LogP contribution in [0.4, 0.5) is 0 Å². The molecule has 1 amide bonds. The minimum Gasteiger partial charge on any atom is -0.484 e. The second kappa shape index (κ2) is 8.74. The lowest BCUT2D eigenvalue weighted by Crippen LogP contribution is -2.55. The Bertz CT molecular complexity index is 649. The number of carboxylic acids is 1. The number of carbonyl (C=O) groups excluding carboxylic acids is 1. The second-order valence-electron chi connectivity index (χ2n) is 8.17. The predicted molar refractivity (Wildman–Crippen MR) is 103 cm³/mol. The third kappa shape index (κ3) is 5.96. The number of nitrogens with one attached hydrogen (secondary N) is 1. The van der Waals surface area contributed by atoms with E-state index in [9.17, 15) is 9.59 Å². The van der Waals surface area contributed by atoms with E-state index < -0.39 is 5.97 Å². The van der Waals surface area contributed by atoms with Crippen LogP contribution in [0.15, 0.2) is 24.3 Å². The zero-order chi connectivity index (χ0) is 19.4. The highest BCUT2D eigenvalue weighted by Crippen LogP contribution is 2.33. The van der Waals surface area contributed by atoms with Crippen LogP contribution in [0, 0.1) is 5.92 Å². The average Bonchev–Trinajstić information content (AvgIpc) is 3.39. The predicted octanol–water partition coefficient (Wildman–Crippen LogP) is 2.63. The van der Waals surface area contributed by atoms with Gasteiger partial charge in [-0.05, 0) is 55.2 Å². The van der Waals surface area contributed by atoms with Gasteiger partial charge >= 0.3 is 5.97 Å². The first-order valence-corrected chi connectivity index (χ1v) is 9.88. The van der Waals surface area contributed by atoms with Gasteiger partial charge in [0.25, 0.3) is 5.91 Å². The van der Waals surface area contributed by atoms with Gasteiger partial charge in [-0.1, -0.05) is 26.0 Å². The lowest BCUT2D eigenvalue weighted by Gasteiger charge is -2.42. The van der Waals surface area contributed by atoms with E-state index in [0.29, 0.717) is 17.6 Å². The molecule has 2 N–H and O–H groups in total. The molecule has 0 aromatic heterocycles. The molecule has 0 unspecified atom stereocenters. The summed E-state index contributed by atoms with van der Waals surface area (Å²) in [6.07, 6.45) is 4.04. The van der Waals surface area contributed by atoms with Gasteiger partial charge in [0.15, 0.2) is 6.61 Å². The summed E-state index contributed by atoms with van der Waals surface area (Å²) in [6.45, 7) is 5.24. The number of rotatable bonds is 10. The summed E-state index contributed by atoms with van der Waals surface area (Å²) in [5, 5.41) is 12.1. The van der Waals surface area contributed by atoms with Crippen molar-refractivity contribution in [2.45, 2.75) is 57.5 Å². The molecule has 148 valence electrons. The average molecular weight is 374 g/mol. The Morgan fingerprint density at radius 2 is 1.89 bits per heavy atom. The molecule has 6 heteroatoms. The number of carbonyl (C=O) groups is 2. The van der Waals surface area contributed by atoms with Crippen LogP contribution in [0.3, 0.4) is 0 Å². The summed E-state index contributed by atoms with van der Waals surface area (Å²) < 4.78 is 5.56. The van der Waals surface area contributed by atoms with E-state index in [-0.39, 0.29) is 31.1 Å². The van der Waals surface area contributed by atoms with Crippen molar-refractivity contribution in [2.75, 3.05) is 19.7 Å². The number of hydrogen-bond donors (Lipinski definition) is 2. The van der Waals surface area contributed by atoms with E-state index in [1.54, 1.807) is 0 Å². The Hall–Kier alpha value is -2.08. The van der Waals surface area contributed by atoms with Gasteiger partial charge in [0, 0.05) is 18.6 Å². The smallest absolute Gasteiger partial charge is 0.317 e. The number of nitrogens with zero attached hydrogens (tertiary/aromatic N) is 1. The first-order valence-electron chi connectivity index (χ1n) is 9.88. The molecule has 2 aliphatic carbocycles. The Labute approximate surface area is 160 Å². The van der Waals surface area contributed by atoms with Crippen molar-refractivity contribution in [3.05, 3.63) is 29.8 Å². The van der Waals surface area contributed by atoms with Crippen LogP contribution in [0.1, 0.15) is 51.0 Å². The summed E-state index contributed by atoms with van der Waals surface area (Å²) in [5.41, 5.74) is 1.24. The molecular weight excluding hydrogens is 344 g/mol. The van der Waals surface area contributed by atoms with E-state index >= 15 is 0 Å². The van der Waals surface area contributed by atoms with Crippen molar-refractivity contribution in [1.82, 2.24) is 10.2 Å². The molecule has 1 aromatic rings. The molecule has 27 heavy (non-hydrogen) atoms. The van der Waals surface area contributed by atoms with Crippen molar-refractivity contribution >= 4 is 11.9 Å². The molecule has 0 atom stereocenters. The maximum Gasteiger partial charge on any atom is 0.317 e. The largest absolute Gasteiger partial charge is 0.484 e. The molecule has 0 radical (unpaired) electrons. The third-order valence-corrected chi connectivity index (χ3v) is 5.44. The number of hydrogen-bond acceptors (Lipinski definition) is 4. The van der Waals surface area contributed by atoms with Gasteiger partial charge in [0.05, 0.1) is 6.54 Å². The summed E-state index contributed by atoms with van der Waals surface area (Å²) in [6, 6.07) is 8.20. The molecular formula is C21H30N2O4. The molecule has 0 spiro atoms. The van der Waals surface area contributed by atoms with Gasteiger partial charge in [-0.2, -0.15) is 0 Å². The number of ether oxygens (including phenoxy) is 1. The van der Waals surface area contributed by atoms with Crippen LogP contribution < -0.4 is 10.1 Å². The molecule has 2 saturated carbocycles. The van der Waals surface area contributed by atoms with E-state index in [4.69, 9.17) is 9.84 Å². The van der Waals surface area contributed by atoms with Crippen molar-refractivity contribution in [2.24, 2.45) is 5.92 Å². The molecule has 0 aliphatic heterocycles. The molecule has 0 bridgehead atoms. The number of carboxylic acid groups (broad SMARTS) is 1. The lowest BCUT2D eigenvalue weighted by atomic mass is 9.85. The Balaban J connectivity index is 1.37. The van der Waals surface area contributed by atoms with Gasteiger partial charge in [0.1, 0.15) is 5.75 Å². The maximum absolute atomic E-state index is 12.1. The number of benzene rings is 1. The van der Waals surface area contributed by atoms with E-state index in [2.05, 4.69) is 24.1 Å². The standard InChI is InChI=1S/C21H30N2O4/c1-14(2)16-5-7-19(8-6-16)27-13-20(24)22-17-9-18(10-17)23(12-21(25)26)11-15-3-4-15/h5-8,14-15,17-18H,3-4,9-13H2,1-2H3,(H,22,24)(H,25,26). The van der Waals surface area contributed by atoms with Crippen LogP contribution in [-0.2, 0) is 9.59 Å². The van der Waals surface area contributed by atoms with Crippen molar-refractivity contribution in [1.29, 1.82) is 0 Å². The minimum atomic E-state index is -0.778. The highest BCUT2D eigenvalue weighted by atomic mass is 16.5. The quantitative estimate of drug-likeness (QED) is 0.658. The normalized spacial score (nSPS) is 21.8. The number of aliphatic carboxylic acids is 1. The van der Waals surface area contributed by atoms with Gasteiger partial charge in [0.2, 0.25) is 0 Å². The zero-order valence-corrected chi connectivity index (χ0v) is 16.2. The van der Waals surface area contributed by atoms with E-state index in [1.807, 2.05) is 24.3 Å². The van der Waals surface area contributed by atoms with Crippen LogP contribution in [0.2, 0.25) is 0 Å². The van der Waals surface area contributed by atoms with Crippen molar-refractivity contribution in [3.8, 4) is 5.75 Å². The van der Waals surface area contributed by atoms with Crippen molar-refractivity contribution < 1.29 is 19.4 Å². The Morgan fingerprint density at radius 3 is 2.44 bits per heavy atom. The summed E-state index contributed by atoms with van der Waals surface area (Å²) >= 11 is 0. The van der Waals surface area contributed by atoms with Gasteiger partial charge in [-0.25, -0.2) is 0 Å². The van der Waals surface area contributed by atoms with Crippen LogP contribution in [-0.4, -0.2) is 53.7 Å². The molecule has 6 nitrogen and oxygen atoms in total. The molecule has 0 saturated heterocycles. The fourth-order valence-electron chi connectivity index (χ4n) is 3.52. The SMILES string of the molecule is CC(C)c1ccc(OCC(=O)NC2CC(N(CC(=O)O)CC3CC3)C2)cc1. The fraction of sp³-hybridized carbons (Fsp3) is 0.619. The third-order valence-electron chi connectivity index (χ3n) is 5.44. The zero-order valence-electron chi connectivity index (χ0n) is 16.2. The Morgan fingerprint density at radius 1 is 1.22 bits per heavy atom. The summed E-state index contributed by atoms with van der Waals surface area (Å²) in [7, 11) is 0. The molecule has 2 aliphatic rings. The molecule has 0 heterocycles. The van der Waals surface area contributed by atoms with Crippen molar-refractivity contribution in [3.63, 3.8) is 0 Å². The lowest BCUT2D eigenvalue weighted by molar-refractivity contribution is -0.140. The van der Waals surface area contributed by atoms with E-state index in [1.165, 1.54) is 18.4 Å². The first kappa shape index (κ1) is 19.7. The number of amides is 1. The monoisotopic (exact) mass is 374 g/mol. The highest BCUT2D eigenvalue weighted by molar-refractivity contribution is 5.78. The topological polar surface area (TPSA) is 78.9 Å². The summed E-state index contributed by atoms with van der Waals surface area (Å²) in [4.78, 5) is 25.2. The molecule has 3 rings (SSSR count). The van der Waals surface area contributed by atoms with Gasteiger partial charge in [-0.3, -0.25) is 14.5 Å².